The summed E-state index contributed by atoms with van der Waals surface area (Å²) in [7, 11) is 2.08. The van der Waals surface area contributed by atoms with Gasteiger partial charge >= 0.3 is 0 Å². The number of halogens is 2. The molecule has 1 saturated heterocycles. The van der Waals surface area contributed by atoms with Gasteiger partial charge in [-0.1, -0.05) is 35.9 Å². The summed E-state index contributed by atoms with van der Waals surface area (Å²) in [6, 6.07) is 15.9. The van der Waals surface area contributed by atoms with Gasteiger partial charge in [-0.25, -0.2) is 4.39 Å². The molecule has 2 atom stereocenters. The molecule has 0 bridgehead atoms. The summed E-state index contributed by atoms with van der Waals surface area (Å²) < 4.78 is 15.0. The first kappa shape index (κ1) is 22.8. The molecule has 1 N–H and O–H groups in total. The van der Waals surface area contributed by atoms with Gasteiger partial charge in [0.05, 0.1) is 29.0 Å². The third-order valence-corrected chi connectivity index (χ3v) is 7.51. The van der Waals surface area contributed by atoms with Crippen LogP contribution in [-0.2, 0) is 0 Å². The van der Waals surface area contributed by atoms with Crippen LogP contribution in [0.5, 0.6) is 0 Å². The molecule has 0 saturated carbocycles. The first-order valence-electron chi connectivity index (χ1n) is 11.2. The first-order valence-corrected chi connectivity index (χ1v) is 12.0. The van der Waals surface area contributed by atoms with Crippen LogP contribution in [0.15, 0.2) is 66.9 Å². The molecule has 2 aliphatic heterocycles. The molecular formula is C27H26ClFN4S. The zero-order valence-electron chi connectivity index (χ0n) is 19.5. The predicted molar refractivity (Wildman–Crippen MR) is 142 cm³/mol. The number of hydrogen-bond acceptors (Lipinski definition) is 3. The van der Waals surface area contributed by atoms with Crippen LogP contribution in [0.3, 0.4) is 0 Å². The lowest BCUT2D eigenvalue weighted by atomic mass is 9.86. The van der Waals surface area contributed by atoms with Gasteiger partial charge in [-0.3, -0.25) is 4.98 Å². The summed E-state index contributed by atoms with van der Waals surface area (Å²) in [6.45, 7) is 6.48. The maximum atomic E-state index is 15.0. The Labute approximate surface area is 210 Å². The number of anilines is 2. The molecule has 0 unspecified atom stereocenters. The van der Waals surface area contributed by atoms with Crippen LogP contribution in [0.25, 0.3) is 5.57 Å². The van der Waals surface area contributed by atoms with E-state index in [0.717, 1.165) is 22.5 Å². The standard InChI is InChI=1S/C27H26ClFN4S/c1-16-15-27(2,3)32(4)23-14-19(28)18(13-17(16)23)25-24(21-10-7-8-12-30-21)31-26(34)33(25)22-11-6-5-9-20(22)29/h5-15,24-25H,1-4H3,(H,31,34)/t24-,25+/m0/s1. The van der Waals surface area contributed by atoms with Gasteiger partial charge in [0.1, 0.15) is 5.82 Å². The van der Waals surface area contributed by atoms with Gasteiger partial charge in [0.2, 0.25) is 0 Å². The summed E-state index contributed by atoms with van der Waals surface area (Å²) in [5, 5.41) is 4.42. The Bertz CT molecular complexity index is 1310. The van der Waals surface area contributed by atoms with E-state index in [-0.39, 0.29) is 23.4 Å². The number of thiocarbonyl (C=S) groups is 1. The molecule has 0 radical (unpaired) electrons. The Morgan fingerprint density at radius 1 is 1.09 bits per heavy atom. The highest BCUT2D eigenvalue weighted by Gasteiger charge is 2.43. The molecule has 0 amide bonds. The second-order valence-electron chi connectivity index (χ2n) is 9.38. The fourth-order valence-electron chi connectivity index (χ4n) is 4.99. The van der Waals surface area contributed by atoms with Crippen molar-refractivity contribution in [3.63, 3.8) is 0 Å². The number of likely N-dealkylation sites (N-methyl/N-ethyl adjacent to an activating group) is 1. The number of nitrogens with zero attached hydrogens (tertiary/aromatic N) is 3. The van der Waals surface area contributed by atoms with Crippen LogP contribution in [0.2, 0.25) is 5.02 Å². The summed E-state index contributed by atoms with van der Waals surface area (Å²) in [4.78, 5) is 8.64. The number of rotatable bonds is 3. The first-order chi connectivity index (χ1) is 16.2. The monoisotopic (exact) mass is 492 g/mol. The zero-order chi connectivity index (χ0) is 24.2. The van der Waals surface area contributed by atoms with Crippen molar-refractivity contribution in [3.05, 3.63) is 94.5 Å². The average molecular weight is 493 g/mol. The number of benzene rings is 2. The van der Waals surface area contributed by atoms with Gasteiger partial charge < -0.3 is 15.1 Å². The highest BCUT2D eigenvalue weighted by molar-refractivity contribution is 7.80. The lowest BCUT2D eigenvalue weighted by molar-refractivity contribution is 0.557. The van der Waals surface area contributed by atoms with Gasteiger partial charge in [-0.05, 0) is 80.5 Å². The zero-order valence-corrected chi connectivity index (χ0v) is 21.1. The minimum atomic E-state index is -0.384. The van der Waals surface area contributed by atoms with E-state index in [9.17, 15) is 0 Å². The Balaban J connectivity index is 1.72. The third-order valence-electron chi connectivity index (χ3n) is 6.86. The quantitative estimate of drug-likeness (QED) is 0.412. The van der Waals surface area contributed by atoms with Crippen molar-refractivity contribution >= 4 is 45.9 Å². The van der Waals surface area contributed by atoms with E-state index < -0.39 is 0 Å². The van der Waals surface area contributed by atoms with Crippen molar-refractivity contribution in [2.75, 3.05) is 16.8 Å². The smallest absolute Gasteiger partial charge is 0.174 e. The van der Waals surface area contributed by atoms with Crippen LogP contribution < -0.4 is 15.1 Å². The maximum absolute atomic E-state index is 15.0. The third kappa shape index (κ3) is 3.65. The molecular weight excluding hydrogens is 467 g/mol. The topological polar surface area (TPSA) is 31.4 Å². The number of allylic oxidation sites excluding steroid dienone is 1. The molecule has 1 fully saturated rings. The number of hydrogen-bond donors (Lipinski definition) is 1. The van der Waals surface area contributed by atoms with E-state index in [1.165, 1.54) is 11.6 Å². The van der Waals surface area contributed by atoms with Crippen molar-refractivity contribution < 1.29 is 4.39 Å². The van der Waals surface area contributed by atoms with Gasteiger partial charge in [0, 0.05) is 29.5 Å². The van der Waals surface area contributed by atoms with Gasteiger partial charge in [0.15, 0.2) is 5.11 Å². The van der Waals surface area contributed by atoms with Crippen molar-refractivity contribution in [1.82, 2.24) is 10.3 Å². The van der Waals surface area contributed by atoms with Crippen LogP contribution in [0.4, 0.5) is 15.8 Å². The van der Waals surface area contributed by atoms with Crippen LogP contribution in [0.1, 0.15) is 49.7 Å². The van der Waals surface area contributed by atoms with Crippen molar-refractivity contribution in [3.8, 4) is 0 Å². The van der Waals surface area contributed by atoms with Gasteiger partial charge in [0.25, 0.3) is 0 Å². The maximum Gasteiger partial charge on any atom is 0.174 e. The Hall–Kier alpha value is -2.96. The van der Waals surface area contributed by atoms with Crippen LogP contribution in [-0.4, -0.2) is 22.7 Å². The minimum absolute atomic E-state index is 0.131. The van der Waals surface area contributed by atoms with E-state index in [0.29, 0.717) is 15.8 Å². The van der Waals surface area contributed by atoms with E-state index in [1.807, 2.05) is 35.2 Å². The molecule has 4 nitrogen and oxygen atoms in total. The summed E-state index contributed by atoms with van der Waals surface area (Å²) >= 11 is 12.7. The second kappa shape index (κ2) is 8.36. The largest absolute Gasteiger partial charge is 0.365 e. The molecule has 3 aromatic rings. The summed E-state index contributed by atoms with van der Waals surface area (Å²) in [5.74, 6) is -0.343. The number of fused-ring (bicyclic) bond motifs is 1. The van der Waals surface area contributed by atoms with E-state index in [4.69, 9.17) is 23.8 Å². The molecule has 34 heavy (non-hydrogen) atoms. The molecule has 3 heterocycles. The summed E-state index contributed by atoms with van der Waals surface area (Å²) in [5.41, 5.74) is 5.31. The van der Waals surface area contributed by atoms with Crippen molar-refractivity contribution in [2.45, 2.75) is 38.4 Å². The number of pyridine rings is 1. The Morgan fingerprint density at radius 3 is 2.53 bits per heavy atom. The molecule has 7 heteroatoms. The van der Waals surface area contributed by atoms with Crippen molar-refractivity contribution in [2.24, 2.45) is 0 Å². The molecule has 174 valence electrons. The minimum Gasteiger partial charge on any atom is -0.365 e. The van der Waals surface area contributed by atoms with Crippen molar-refractivity contribution in [1.29, 1.82) is 0 Å². The number of nitrogens with one attached hydrogen (secondary N) is 1. The van der Waals surface area contributed by atoms with Crippen LogP contribution in [0, 0.1) is 5.82 Å². The highest BCUT2D eigenvalue weighted by Crippen LogP contribution is 2.48. The molecule has 2 aromatic carbocycles. The van der Waals surface area contributed by atoms with E-state index in [2.05, 4.69) is 55.2 Å². The normalized spacial score (nSPS) is 21.2. The highest BCUT2D eigenvalue weighted by atomic mass is 35.5. The molecule has 1 aromatic heterocycles. The second-order valence-corrected chi connectivity index (χ2v) is 10.2. The molecule has 5 rings (SSSR count). The number of para-hydroxylation sites is 1. The fourth-order valence-corrected chi connectivity index (χ4v) is 5.60. The predicted octanol–water partition coefficient (Wildman–Crippen LogP) is 6.68. The lowest BCUT2D eigenvalue weighted by Gasteiger charge is -2.41. The Kier molecular flexibility index (Phi) is 5.61. The lowest BCUT2D eigenvalue weighted by Crippen LogP contribution is -2.42. The molecule has 2 aliphatic rings. The van der Waals surface area contributed by atoms with Gasteiger partial charge in [-0.15, -0.1) is 0 Å². The van der Waals surface area contributed by atoms with Gasteiger partial charge in [-0.2, -0.15) is 0 Å². The van der Waals surface area contributed by atoms with Crippen LogP contribution >= 0.6 is 23.8 Å². The average Bonchev–Trinajstić information content (AvgIpc) is 3.14. The fraction of sp³-hybridized carbons (Fsp3) is 0.259. The molecule has 0 spiro atoms. The Morgan fingerprint density at radius 2 is 1.82 bits per heavy atom. The molecule has 0 aliphatic carbocycles. The SMILES string of the molecule is CC1=CC(C)(C)N(C)c2cc(Cl)c([C@@H]3[C@H](c4ccccn4)NC(=S)N3c3ccccc3F)cc21. The van der Waals surface area contributed by atoms with E-state index >= 15 is 4.39 Å². The van der Waals surface area contributed by atoms with E-state index in [1.54, 1.807) is 18.3 Å². The number of aromatic nitrogens is 1. The summed E-state index contributed by atoms with van der Waals surface area (Å²) in [6.07, 6.45) is 4.01.